The summed E-state index contributed by atoms with van der Waals surface area (Å²) in [6, 6.07) is 7.08. The van der Waals surface area contributed by atoms with Crippen molar-refractivity contribution in [3.05, 3.63) is 51.9 Å². The summed E-state index contributed by atoms with van der Waals surface area (Å²) < 4.78 is 1.17. The van der Waals surface area contributed by atoms with Crippen molar-refractivity contribution in [3.8, 4) is 11.1 Å². The number of aryl methyl sites for hydroxylation is 1. The number of urea groups is 1. The van der Waals surface area contributed by atoms with Crippen LogP contribution in [0.5, 0.6) is 0 Å². The molecule has 9 nitrogen and oxygen atoms in total. The second kappa shape index (κ2) is 7.62. The fourth-order valence-corrected chi connectivity index (χ4v) is 4.27. The van der Waals surface area contributed by atoms with Gasteiger partial charge < -0.3 is 5.32 Å². The molecule has 0 spiro atoms. The molecule has 3 heterocycles. The number of carbonyl (C=O) groups is 3. The summed E-state index contributed by atoms with van der Waals surface area (Å²) in [4.78, 5) is 55.0. The van der Waals surface area contributed by atoms with E-state index in [2.05, 4.69) is 15.7 Å². The minimum atomic E-state index is -1.07. The second-order valence-corrected chi connectivity index (χ2v) is 8.52. The van der Waals surface area contributed by atoms with Crippen LogP contribution in [0.2, 0.25) is 0 Å². The lowest BCUT2D eigenvalue weighted by atomic mass is 10.00. The third kappa shape index (κ3) is 3.59. The molecule has 4 rings (SSSR count). The molecule has 2 N–H and O–H groups in total. The highest BCUT2D eigenvalue weighted by atomic mass is 32.1. The number of amides is 4. The maximum Gasteiger partial charge on any atom is 0.344 e. The quantitative estimate of drug-likeness (QED) is 0.592. The van der Waals surface area contributed by atoms with E-state index in [-0.39, 0.29) is 12.1 Å². The molecule has 31 heavy (non-hydrogen) atoms. The number of rotatable bonds is 5. The fraction of sp³-hybridized carbons (Fsp3) is 0.286. The monoisotopic (exact) mass is 439 g/mol. The maximum absolute atomic E-state index is 13.1. The van der Waals surface area contributed by atoms with Crippen molar-refractivity contribution in [2.45, 2.75) is 39.3 Å². The van der Waals surface area contributed by atoms with E-state index in [0.29, 0.717) is 21.6 Å². The molecule has 2 aromatic heterocycles. The molecular formula is C21H21N5O4S. The van der Waals surface area contributed by atoms with Gasteiger partial charge in [-0.3, -0.25) is 24.4 Å². The number of aromatic nitrogens is 2. The Morgan fingerprint density at radius 2 is 1.94 bits per heavy atom. The number of fused-ring (bicyclic) bond motifs is 1. The summed E-state index contributed by atoms with van der Waals surface area (Å²) in [6.07, 6.45) is 1.67. The fourth-order valence-electron chi connectivity index (χ4n) is 3.37. The first-order chi connectivity index (χ1) is 14.7. The van der Waals surface area contributed by atoms with E-state index in [4.69, 9.17) is 0 Å². The molecule has 1 aliphatic rings. The molecule has 1 aromatic carbocycles. The van der Waals surface area contributed by atoms with E-state index in [1.54, 1.807) is 13.8 Å². The van der Waals surface area contributed by atoms with Crippen LogP contribution in [0.15, 0.2) is 40.8 Å². The lowest BCUT2D eigenvalue weighted by Gasteiger charge is -2.19. The molecule has 0 radical (unpaired) electrons. The Balaban J connectivity index is 1.60. The van der Waals surface area contributed by atoms with E-state index in [9.17, 15) is 19.2 Å². The van der Waals surface area contributed by atoms with Crippen LogP contribution >= 0.6 is 11.3 Å². The molecule has 1 unspecified atom stereocenters. The first-order valence-electron chi connectivity index (χ1n) is 9.73. The van der Waals surface area contributed by atoms with Gasteiger partial charge in [-0.15, -0.1) is 11.3 Å². The number of nitrogens with one attached hydrogen (secondary N) is 2. The normalized spacial score (nSPS) is 18.5. The van der Waals surface area contributed by atoms with E-state index in [0.717, 1.165) is 16.7 Å². The summed E-state index contributed by atoms with van der Waals surface area (Å²) >= 11 is 1.35. The van der Waals surface area contributed by atoms with Gasteiger partial charge in [0.2, 0.25) is 0 Å². The van der Waals surface area contributed by atoms with Gasteiger partial charge in [0.15, 0.2) is 0 Å². The van der Waals surface area contributed by atoms with Gasteiger partial charge in [0, 0.05) is 10.9 Å². The van der Waals surface area contributed by atoms with Crippen LogP contribution in [0.1, 0.15) is 25.8 Å². The zero-order chi connectivity index (χ0) is 22.3. The van der Waals surface area contributed by atoms with Crippen LogP contribution in [-0.2, 0) is 16.1 Å². The number of imide groups is 1. The van der Waals surface area contributed by atoms with E-state index >= 15 is 0 Å². The highest BCUT2D eigenvalue weighted by Gasteiger charge is 2.47. The van der Waals surface area contributed by atoms with Crippen molar-refractivity contribution in [3.63, 3.8) is 0 Å². The summed E-state index contributed by atoms with van der Waals surface area (Å²) in [5.41, 5.74) is 3.59. The molecule has 4 amide bonds. The van der Waals surface area contributed by atoms with Gasteiger partial charge >= 0.3 is 6.03 Å². The van der Waals surface area contributed by atoms with Gasteiger partial charge in [0.1, 0.15) is 16.9 Å². The predicted octanol–water partition coefficient (Wildman–Crippen LogP) is 2.19. The van der Waals surface area contributed by atoms with Crippen molar-refractivity contribution in [1.29, 1.82) is 0 Å². The van der Waals surface area contributed by atoms with Gasteiger partial charge in [-0.1, -0.05) is 36.8 Å². The van der Waals surface area contributed by atoms with E-state index < -0.39 is 23.4 Å². The molecule has 0 saturated carbocycles. The van der Waals surface area contributed by atoms with Crippen molar-refractivity contribution in [2.75, 3.05) is 0 Å². The molecule has 1 atom stereocenters. The number of carbonyl (C=O) groups excluding carboxylic acids is 3. The second-order valence-electron chi connectivity index (χ2n) is 7.66. The summed E-state index contributed by atoms with van der Waals surface area (Å²) in [5, 5.41) is 5.51. The van der Waals surface area contributed by atoms with E-state index in [1.807, 2.05) is 36.6 Å². The summed E-state index contributed by atoms with van der Waals surface area (Å²) in [5.74, 6) is -1.23. The zero-order valence-corrected chi connectivity index (χ0v) is 18.1. The molecule has 1 fully saturated rings. The number of hydrogen-bond acceptors (Lipinski definition) is 6. The zero-order valence-electron chi connectivity index (χ0n) is 17.3. The maximum atomic E-state index is 13.1. The van der Waals surface area contributed by atoms with Crippen LogP contribution in [-0.4, -0.2) is 37.9 Å². The molecule has 10 heteroatoms. The number of nitrogens with zero attached hydrogens (tertiary/aromatic N) is 3. The Morgan fingerprint density at radius 1 is 1.23 bits per heavy atom. The van der Waals surface area contributed by atoms with Crippen molar-refractivity contribution in [2.24, 2.45) is 0 Å². The number of hydrogen-bond donors (Lipinski definition) is 2. The van der Waals surface area contributed by atoms with Crippen molar-refractivity contribution in [1.82, 2.24) is 25.3 Å². The van der Waals surface area contributed by atoms with Gasteiger partial charge in [-0.2, -0.15) is 5.01 Å². The standard InChI is InChI=1S/C21H21N5O4S/c1-4-21(3)19(29)26(20(30)23-21)24-15(27)9-25-11-22-17-16(18(25)28)14(10-31-17)13-7-5-12(2)6-8-13/h5-8,10-11H,4,9H2,1-3H3,(H,23,30)(H,24,27). The Hall–Kier alpha value is -3.53. The SMILES string of the molecule is CCC1(C)NC(=O)N(NC(=O)Cn2cnc3scc(-c4ccc(C)cc4)c3c2=O)C1=O. The van der Waals surface area contributed by atoms with E-state index in [1.165, 1.54) is 22.2 Å². The lowest BCUT2D eigenvalue weighted by Crippen LogP contribution is -2.49. The number of benzene rings is 1. The highest BCUT2D eigenvalue weighted by Crippen LogP contribution is 2.30. The molecule has 3 aromatic rings. The Labute approximate surface area is 181 Å². The van der Waals surface area contributed by atoms with Crippen LogP contribution in [0.3, 0.4) is 0 Å². The first kappa shape index (κ1) is 20.7. The first-order valence-corrected chi connectivity index (χ1v) is 10.6. The molecule has 160 valence electrons. The van der Waals surface area contributed by atoms with Gasteiger partial charge in [-0.25, -0.2) is 9.78 Å². The Kier molecular flexibility index (Phi) is 5.10. The topological polar surface area (TPSA) is 113 Å². The van der Waals surface area contributed by atoms with Crippen LogP contribution in [0.4, 0.5) is 4.79 Å². The number of hydrazine groups is 1. The van der Waals surface area contributed by atoms with Crippen LogP contribution in [0.25, 0.3) is 21.3 Å². The van der Waals surface area contributed by atoms with Gasteiger partial charge in [-0.05, 0) is 25.8 Å². The Bertz CT molecular complexity index is 1260. The van der Waals surface area contributed by atoms with Gasteiger partial charge in [0.25, 0.3) is 17.4 Å². The number of thiophene rings is 1. The minimum Gasteiger partial charge on any atom is -0.322 e. The predicted molar refractivity (Wildman–Crippen MR) is 116 cm³/mol. The van der Waals surface area contributed by atoms with Crippen molar-refractivity contribution >= 4 is 39.4 Å². The molecule has 0 aliphatic carbocycles. The van der Waals surface area contributed by atoms with Crippen molar-refractivity contribution < 1.29 is 14.4 Å². The van der Waals surface area contributed by atoms with Crippen LogP contribution < -0.4 is 16.3 Å². The Morgan fingerprint density at radius 3 is 2.58 bits per heavy atom. The molecule has 1 aliphatic heterocycles. The lowest BCUT2D eigenvalue weighted by molar-refractivity contribution is -0.139. The average Bonchev–Trinajstić information content (AvgIpc) is 3.26. The minimum absolute atomic E-state index is 0.368. The third-order valence-electron chi connectivity index (χ3n) is 5.44. The smallest absolute Gasteiger partial charge is 0.322 e. The third-order valence-corrected chi connectivity index (χ3v) is 6.33. The average molecular weight is 439 g/mol. The highest BCUT2D eigenvalue weighted by molar-refractivity contribution is 7.17. The summed E-state index contributed by atoms with van der Waals surface area (Å²) in [6.45, 7) is 4.95. The largest absolute Gasteiger partial charge is 0.344 e. The molecule has 0 bridgehead atoms. The van der Waals surface area contributed by atoms with Gasteiger partial charge in [0.05, 0.1) is 11.7 Å². The molecular weight excluding hydrogens is 418 g/mol. The van der Waals surface area contributed by atoms with Crippen LogP contribution in [0, 0.1) is 6.92 Å². The molecule has 1 saturated heterocycles. The summed E-state index contributed by atoms with van der Waals surface area (Å²) in [7, 11) is 0.